The predicted molar refractivity (Wildman–Crippen MR) is 178 cm³/mol. The highest BCUT2D eigenvalue weighted by molar-refractivity contribution is 7.18. The van der Waals surface area contributed by atoms with Crippen molar-refractivity contribution < 1.29 is 27.1 Å². The Balaban J connectivity index is 1.48. The first-order chi connectivity index (χ1) is 23.2. The Morgan fingerprint density at radius 2 is 1.90 bits per heavy atom. The van der Waals surface area contributed by atoms with Crippen molar-refractivity contribution in [1.82, 2.24) is 24.6 Å². The molecule has 7 rings (SSSR count). The second kappa shape index (κ2) is 12.8. The van der Waals surface area contributed by atoms with Crippen molar-refractivity contribution in [1.29, 1.82) is 0 Å². The first kappa shape index (κ1) is 32.0. The number of likely N-dealkylation sites (N-methyl/N-ethyl adjacent to an activating group) is 1. The maximum atomic E-state index is 16.1. The van der Waals surface area contributed by atoms with Crippen LogP contribution in [0, 0.1) is 11.6 Å². The maximum Gasteiger partial charge on any atom is 0.246 e. The predicted octanol–water partition coefficient (Wildman–Crippen LogP) is 7.36. The fourth-order valence-electron chi connectivity index (χ4n) is 6.62. The minimum Gasteiger partial charge on any atom is -0.484 e. The number of aromatic nitrogens is 3. The number of hydrogen-bond donors (Lipinski definition) is 0. The van der Waals surface area contributed by atoms with Crippen LogP contribution >= 0.6 is 11.3 Å². The van der Waals surface area contributed by atoms with Gasteiger partial charge in [-0.1, -0.05) is 18.7 Å². The van der Waals surface area contributed by atoms with Gasteiger partial charge in [-0.25, -0.2) is 22.5 Å². The maximum absolute atomic E-state index is 16.1. The number of amides is 1. The Bertz CT molecular complexity index is 2060. The minimum absolute atomic E-state index is 0.166. The highest BCUT2D eigenvalue weighted by atomic mass is 32.1. The molecular formula is C36H33F4N5O2S. The van der Waals surface area contributed by atoms with Crippen LogP contribution in [0.3, 0.4) is 0 Å². The van der Waals surface area contributed by atoms with E-state index in [1.807, 2.05) is 24.4 Å². The number of carbonyl (C=O) groups is 1. The van der Waals surface area contributed by atoms with Crippen LogP contribution in [-0.2, 0) is 30.8 Å². The van der Waals surface area contributed by atoms with Gasteiger partial charge in [-0.05, 0) is 61.2 Å². The van der Waals surface area contributed by atoms with E-state index < -0.39 is 31.1 Å². The standard InChI is InChI=1S/C36H33F4N5O2S/c1-4-31(46)44-19-25-14-29(42-45(25)17-20(44)2)35-33(32-28(40)12-24(39)13-30(32)47-26(15-37)16-38)36-27(8-10-48-36)34(41-35)22-5-6-23-18-43(3)9-7-21(23)11-22/h4-6,8,10-14,20,26H,1,7,9,15-19H2,2-3H3. The Kier molecular flexibility index (Phi) is 8.55. The lowest BCUT2D eigenvalue weighted by atomic mass is 9.93. The van der Waals surface area contributed by atoms with Gasteiger partial charge in [-0.2, -0.15) is 5.10 Å². The second-order valence-electron chi connectivity index (χ2n) is 12.4. The van der Waals surface area contributed by atoms with Gasteiger partial charge in [0.2, 0.25) is 5.91 Å². The molecule has 0 saturated carbocycles. The van der Waals surface area contributed by atoms with Gasteiger partial charge >= 0.3 is 0 Å². The molecule has 0 N–H and O–H groups in total. The number of carbonyl (C=O) groups excluding carboxylic acids is 1. The average Bonchev–Trinajstić information content (AvgIpc) is 3.73. The molecule has 1 amide bonds. The number of thiophene rings is 1. The highest BCUT2D eigenvalue weighted by Crippen LogP contribution is 2.47. The van der Waals surface area contributed by atoms with E-state index in [9.17, 15) is 18.0 Å². The zero-order chi connectivity index (χ0) is 33.7. The Labute approximate surface area is 279 Å². The number of rotatable bonds is 8. The van der Waals surface area contributed by atoms with Crippen LogP contribution in [0.5, 0.6) is 5.75 Å². The number of benzene rings is 2. The van der Waals surface area contributed by atoms with E-state index in [-0.39, 0.29) is 35.4 Å². The van der Waals surface area contributed by atoms with E-state index in [2.05, 4.69) is 30.7 Å². The van der Waals surface area contributed by atoms with Crippen LogP contribution in [0.25, 0.3) is 43.9 Å². The fourth-order valence-corrected chi connectivity index (χ4v) is 7.57. The summed E-state index contributed by atoms with van der Waals surface area (Å²) >= 11 is 1.34. The van der Waals surface area contributed by atoms with Gasteiger partial charge in [0, 0.05) is 52.5 Å². The topological polar surface area (TPSA) is 63.5 Å². The summed E-state index contributed by atoms with van der Waals surface area (Å²) in [7, 11) is 2.09. The summed E-state index contributed by atoms with van der Waals surface area (Å²) < 4.78 is 66.1. The molecular weight excluding hydrogens is 642 g/mol. The third-order valence-corrected chi connectivity index (χ3v) is 9.99. The molecule has 2 aliphatic heterocycles. The molecule has 2 aliphatic rings. The molecule has 5 aromatic rings. The number of pyridine rings is 1. The van der Waals surface area contributed by atoms with Crippen LogP contribution in [0.1, 0.15) is 23.7 Å². The van der Waals surface area contributed by atoms with Crippen LogP contribution in [-0.4, -0.2) is 69.6 Å². The van der Waals surface area contributed by atoms with Crippen molar-refractivity contribution in [3.63, 3.8) is 0 Å². The van der Waals surface area contributed by atoms with Crippen LogP contribution in [0.15, 0.2) is 60.5 Å². The lowest BCUT2D eigenvalue weighted by Crippen LogP contribution is -2.44. The van der Waals surface area contributed by atoms with Gasteiger partial charge in [0.05, 0.1) is 30.0 Å². The summed E-state index contributed by atoms with van der Waals surface area (Å²) in [5, 5.41) is 7.48. The molecule has 0 fully saturated rings. The molecule has 5 heterocycles. The molecule has 0 aliphatic carbocycles. The molecule has 1 atom stereocenters. The fraction of sp³-hybridized carbons (Fsp3) is 0.306. The smallest absolute Gasteiger partial charge is 0.246 e. The van der Waals surface area contributed by atoms with Crippen molar-refractivity contribution in [3.8, 4) is 39.5 Å². The summed E-state index contributed by atoms with van der Waals surface area (Å²) in [5.74, 6) is -2.46. The second-order valence-corrected chi connectivity index (χ2v) is 13.3. The van der Waals surface area contributed by atoms with E-state index >= 15 is 4.39 Å². The normalized spacial score (nSPS) is 16.3. The van der Waals surface area contributed by atoms with Gasteiger partial charge in [-0.15, -0.1) is 11.3 Å². The van der Waals surface area contributed by atoms with Gasteiger partial charge < -0.3 is 14.5 Å². The lowest BCUT2D eigenvalue weighted by Gasteiger charge is -2.33. The quantitative estimate of drug-likeness (QED) is 0.127. The van der Waals surface area contributed by atoms with Crippen molar-refractivity contribution in [2.75, 3.05) is 26.9 Å². The summed E-state index contributed by atoms with van der Waals surface area (Å²) in [6, 6.07) is 11.5. The van der Waals surface area contributed by atoms with Crippen LogP contribution < -0.4 is 4.74 Å². The Morgan fingerprint density at radius 3 is 2.67 bits per heavy atom. The molecule has 2 aromatic carbocycles. The first-order valence-corrected chi connectivity index (χ1v) is 16.6. The largest absolute Gasteiger partial charge is 0.484 e. The van der Waals surface area contributed by atoms with E-state index in [1.54, 1.807) is 15.6 Å². The summed E-state index contributed by atoms with van der Waals surface area (Å²) in [6.45, 7) is 5.62. The molecule has 1 unspecified atom stereocenters. The molecule has 7 nitrogen and oxygen atoms in total. The van der Waals surface area contributed by atoms with Crippen molar-refractivity contribution in [2.24, 2.45) is 0 Å². The van der Waals surface area contributed by atoms with Gasteiger partial charge in [-0.3, -0.25) is 9.48 Å². The molecule has 0 radical (unpaired) electrons. The molecule has 0 saturated heterocycles. The summed E-state index contributed by atoms with van der Waals surface area (Å²) in [6.07, 6.45) is 0.607. The number of ether oxygens (including phenoxy) is 1. The van der Waals surface area contributed by atoms with Gasteiger partial charge in [0.15, 0.2) is 6.10 Å². The Morgan fingerprint density at radius 1 is 1.08 bits per heavy atom. The number of fused-ring (bicyclic) bond motifs is 3. The third-order valence-electron chi connectivity index (χ3n) is 9.06. The number of halogens is 4. The number of alkyl halides is 2. The Hall–Kier alpha value is -4.55. The molecule has 48 heavy (non-hydrogen) atoms. The zero-order valence-electron chi connectivity index (χ0n) is 26.5. The van der Waals surface area contributed by atoms with Crippen molar-refractivity contribution in [2.45, 2.75) is 45.1 Å². The van der Waals surface area contributed by atoms with Gasteiger partial charge in [0.1, 0.15) is 42.1 Å². The minimum atomic E-state index is -1.55. The molecule has 248 valence electrons. The van der Waals surface area contributed by atoms with E-state index in [1.165, 1.54) is 28.5 Å². The zero-order valence-corrected chi connectivity index (χ0v) is 27.3. The molecule has 12 heteroatoms. The molecule has 0 bridgehead atoms. The summed E-state index contributed by atoms with van der Waals surface area (Å²) in [4.78, 5) is 21.7. The van der Waals surface area contributed by atoms with Crippen LogP contribution in [0.4, 0.5) is 17.6 Å². The van der Waals surface area contributed by atoms with Gasteiger partial charge in [0.25, 0.3) is 0 Å². The molecule has 0 spiro atoms. The monoisotopic (exact) mass is 675 g/mol. The van der Waals surface area contributed by atoms with Crippen molar-refractivity contribution in [3.05, 3.63) is 89.0 Å². The SMILES string of the molecule is C=CC(=O)N1Cc2cc(-c3nc(-c4ccc5c(c4)CCN(C)C5)c4ccsc4c3-c3c(F)cc(F)cc3OC(CF)CF)nn2CC1C. The summed E-state index contributed by atoms with van der Waals surface area (Å²) in [5.41, 5.74) is 5.54. The first-order valence-electron chi connectivity index (χ1n) is 15.7. The van der Waals surface area contributed by atoms with Crippen molar-refractivity contribution >= 4 is 27.3 Å². The number of nitrogens with zero attached hydrogens (tertiary/aromatic N) is 5. The third kappa shape index (κ3) is 5.66. The van der Waals surface area contributed by atoms with E-state index in [0.717, 1.165) is 48.3 Å². The highest BCUT2D eigenvalue weighted by Gasteiger charge is 2.31. The van der Waals surface area contributed by atoms with E-state index in [4.69, 9.17) is 14.8 Å². The van der Waals surface area contributed by atoms with E-state index in [0.29, 0.717) is 28.3 Å². The average molecular weight is 676 g/mol. The van der Waals surface area contributed by atoms with Crippen LogP contribution in [0.2, 0.25) is 0 Å². The molecule has 3 aromatic heterocycles. The lowest BCUT2D eigenvalue weighted by molar-refractivity contribution is -0.129. The number of hydrogen-bond acceptors (Lipinski definition) is 6.